The standard InChI is InChI=1S/C13H23N5/c1-14-13-8-15-11(7-16-13)9-18-6-4-5-12(18)10-17(2)3/h7-8,12H,4-6,9-10H2,1-3H3,(H,14,16). The van der Waals surface area contributed by atoms with Gasteiger partial charge >= 0.3 is 0 Å². The zero-order valence-electron chi connectivity index (χ0n) is 11.6. The van der Waals surface area contributed by atoms with E-state index < -0.39 is 0 Å². The fourth-order valence-corrected chi connectivity index (χ4v) is 2.51. The van der Waals surface area contributed by atoms with Crippen LogP contribution in [0.15, 0.2) is 12.4 Å². The highest BCUT2D eigenvalue weighted by Crippen LogP contribution is 2.19. The molecule has 1 aliphatic heterocycles. The summed E-state index contributed by atoms with van der Waals surface area (Å²) < 4.78 is 0. The van der Waals surface area contributed by atoms with Gasteiger partial charge in [0, 0.05) is 26.2 Å². The zero-order chi connectivity index (χ0) is 13.0. The molecule has 1 N–H and O–H groups in total. The van der Waals surface area contributed by atoms with Crippen LogP contribution in [0, 0.1) is 0 Å². The predicted octanol–water partition coefficient (Wildman–Crippen LogP) is 1.04. The van der Waals surface area contributed by atoms with E-state index in [2.05, 4.69) is 39.2 Å². The lowest BCUT2D eigenvalue weighted by molar-refractivity contribution is 0.199. The molecule has 0 aromatic carbocycles. The molecule has 0 spiro atoms. The fourth-order valence-electron chi connectivity index (χ4n) is 2.51. The topological polar surface area (TPSA) is 44.3 Å². The van der Waals surface area contributed by atoms with E-state index >= 15 is 0 Å². The number of likely N-dealkylation sites (tertiary alicyclic amines) is 1. The Kier molecular flexibility index (Phi) is 4.49. The molecular weight excluding hydrogens is 226 g/mol. The van der Waals surface area contributed by atoms with Gasteiger partial charge in [-0.1, -0.05) is 0 Å². The third-order valence-corrected chi connectivity index (χ3v) is 3.40. The second-order valence-corrected chi connectivity index (χ2v) is 5.17. The quantitative estimate of drug-likeness (QED) is 0.845. The first kappa shape index (κ1) is 13.2. The van der Waals surface area contributed by atoms with Crippen LogP contribution in [0.25, 0.3) is 0 Å². The van der Waals surface area contributed by atoms with Gasteiger partial charge in [-0.2, -0.15) is 0 Å². The van der Waals surface area contributed by atoms with Crippen LogP contribution in [0.2, 0.25) is 0 Å². The monoisotopic (exact) mass is 249 g/mol. The summed E-state index contributed by atoms with van der Waals surface area (Å²) in [7, 11) is 6.13. The third-order valence-electron chi connectivity index (χ3n) is 3.40. The van der Waals surface area contributed by atoms with Gasteiger partial charge in [-0.3, -0.25) is 9.88 Å². The normalized spacial score (nSPS) is 20.6. The Morgan fingerprint density at radius 2 is 2.22 bits per heavy atom. The van der Waals surface area contributed by atoms with Gasteiger partial charge in [0.2, 0.25) is 0 Å². The Morgan fingerprint density at radius 1 is 1.39 bits per heavy atom. The zero-order valence-corrected chi connectivity index (χ0v) is 11.6. The number of anilines is 1. The van der Waals surface area contributed by atoms with Crippen LogP contribution < -0.4 is 5.32 Å². The van der Waals surface area contributed by atoms with Crippen LogP contribution in [0.1, 0.15) is 18.5 Å². The molecule has 0 amide bonds. The Labute approximate surface area is 109 Å². The van der Waals surface area contributed by atoms with E-state index in [1.54, 1.807) is 6.20 Å². The van der Waals surface area contributed by atoms with Crippen LogP contribution in [0.4, 0.5) is 5.82 Å². The average molecular weight is 249 g/mol. The maximum absolute atomic E-state index is 4.45. The summed E-state index contributed by atoms with van der Waals surface area (Å²) in [5, 5.41) is 2.99. The summed E-state index contributed by atoms with van der Waals surface area (Å²) in [6, 6.07) is 0.658. The summed E-state index contributed by atoms with van der Waals surface area (Å²) in [6.45, 7) is 3.21. The first-order chi connectivity index (χ1) is 8.69. The Morgan fingerprint density at radius 3 is 2.83 bits per heavy atom. The molecule has 5 heteroatoms. The van der Waals surface area contributed by atoms with Crippen molar-refractivity contribution in [3.8, 4) is 0 Å². The van der Waals surface area contributed by atoms with Crippen molar-refractivity contribution in [1.29, 1.82) is 0 Å². The van der Waals surface area contributed by atoms with Crippen molar-refractivity contribution < 1.29 is 0 Å². The Hall–Kier alpha value is -1.20. The van der Waals surface area contributed by atoms with Crippen molar-refractivity contribution in [3.63, 3.8) is 0 Å². The lowest BCUT2D eigenvalue weighted by atomic mass is 10.2. The number of rotatable bonds is 5. The number of hydrogen-bond donors (Lipinski definition) is 1. The van der Waals surface area contributed by atoms with Crippen molar-refractivity contribution in [2.45, 2.75) is 25.4 Å². The summed E-state index contributed by atoms with van der Waals surface area (Å²) in [5.74, 6) is 0.824. The van der Waals surface area contributed by atoms with Gasteiger partial charge in [0.15, 0.2) is 0 Å². The number of nitrogens with zero attached hydrogens (tertiary/aromatic N) is 4. The lowest BCUT2D eigenvalue weighted by Gasteiger charge is -2.26. The van der Waals surface area contributed by atoms with E-state index in [0.29, 0.717) is 6.04 Å². The second-order valence-electron chi connectivity index (χ2n) is 5.17. The highest BCUT2D eigenvalue weighted by molar-refractivity contribution is 5.29. The molecule has 2 rings (SSSR count). The maximum Gasteiger partial charge on any atom is 0.144 e. The SMILES string of the molecule is CNc1cnc(CN2CCCC2CN(C)C)cn1. The lowest BCUT2D eigenvalue weighted by Crippen LogP contribution is -2.37. The Balaban J connectivity index is 1.94. The number of hydrogen-bond acceptors (Lipinski definition) is 5. The highest BCUT2D eigenvalue weighted by atomic mass is 15.2. The summed E-state index contributed by atoms with van der Waals surface area (Å²) >= 11 is 0. The first-order valence-corrected chi connectivity index (χ1v) is 6.56. The number of aromatic nitrogens is 2. The minimum absolute atomic E-state index is 0.658. The largest absolute Gasteiger partial charge is 0.372 e. The Bertz CT molecular complexity index is 362. The molecule has 1 saturated heterocycles. The van der Waals surface area contributed by atoms with E-state index in [1.165, 1.54) is 19.4 Å². The molecule has 1 unspecified atom stereocenters. The molecular formula is C13H23N5. The van der Waals surface area contributed by atoms with Gasteiger partial charge in [-0.05, 0) is 33.5 Å². The predicted molar refractivity (Wildman–Crippen MR) is 73.6 cm³/mol. The van der Waals surface area contributed by atoms with E-state index in [-0.39, 0.29) is 0 Å². The van der Waals surface area contributed by atoms with Crippen molar-refractivity contribution in [2.75, 3.05) is 39.5 Å². The van der Waals surface area contributed by atoms with Crippen LogP contribution >= 0.6 is 0 Å². The van der Waals surface area contributed by atoms with E-state index in [1.807, 2.05) is 13.2 Å². The maximum atomic E-state index is 4.45. The highest BCUT2D eigenvalue weighted by Gasteiger charge is 2.25. The first-order valence-electron chi connectivity index (χ1n) is 6.56. The molecule has 1 fully saturated rings. The molecule has 2 heterocycles. The van der Waals surface area contributed by atoms with Crippen molar-refractivity contribution in [1.82, 2.24) is 19.8 Å². The number of nitrogens with one attached hydrogen (secondary N) is 1. The van der Waals surface area contributed by atoms with Gasteiger partial charge in [-0.15, -0.1) is 0 Å². The second kappa shape index (κ2) is 6.11. The molecule has 5 nitrogen and oxygen atoms in total. The van der Waals surface area contributed by atoms with Gasteiger partial charge < -0.3 is 10.2 Å². The molecule has 0 saturated carbocycles. The van der Waals surface area contributed by atoms with Gasteiger partial charge in [0.05, 0.1) is 18.1 Å². The fraction of sp³-hybridized carbons (Fsp3) is 0.692. The van der Waals surface area contributed by atoms with Gasteiger partial charge in [0.25, 0.3) is 0 Å². The van der Waals surface area contributed by atoms with Gasteiger partial charge in [-0.25, -0.2) is 4.98 Å². The van der Waals surface area contributed by atoms with Crippen molar-refractivity contribution in [2.24, 2.45) is 0 Å². The molecule has 1 atom stereocenters. The molecule has 100 valence electrons. The minimum atomic E-state index is 0.658. The smallest absolute Gasteiger partial charge is 0.144 e. The minimum Gasteiger partial charge on any atom is -0.372 e. The molecule has 0 aliphatic carbocycles. The van der Waals surface area contributed by atoms with Gasteiger partial charge in [0.1, 0.15) is 5.82 Å². The molecule has 1 aliphatic rings. The summed E-state index contributed by atoms with van der Waals surface area (Å²) in [4.78, 5) is 13.5. The molecule has 18 heavy (non-hydrogen) atoms. The van der Waals surface area contributed by atoms with E-state index in [0.717, 1.165) is 24.6 Å². The van der Waals surface area contributed by atoms with Crippen molar-refractivity contribution in [3.05, 3.63) is 18.1 Å². The summed E-state index contributed by atoms with van der Waals surface area (Å²) in [5.41, 5.74) is 1.06. The average Bonchev–Trinajstić information content (AvgIpc) is 2.77. The van der Waals surface area contributed by atoms with E-state index in [4.69, 9.17) is 0 Å². The molecule has 1 aromatic heterocycles. The van der Waals surface area contributed by atoms with Crippen LogP contribution in [-0.4, -0.2) is 60.0 Å². The van der Waals surface area contributed by atoms with Crippen LogP contribution in [0.3, 0.4) is 0 Å². The molecule has 0 bridgehead atoms. The van der Waals surface area contributed by atoms with E-state index in [9.17, 15) is 0 Å². The third kappa shape index (κ3) is 3.40. The summed E-state index contributed by atoms with van der Waals surface area (Å²) in [6.07, 6.45) is 6.25. The van der Waals surface area contributed by atoms with Crippen LogP contribution in [-0.2, 0) is 6.54 Å². The number of likely N-dealkylation sites (N-methyl/N-ethyl adjacent to an activating group) is 1. The molecule has 0 radical (unpaired) electrons. The van der Waals surface area contributed by atoms with Crippen LogP contribution in [0.5, 0.6) is 0 Å². The van der Waals surface area contributed by atoms with Crippen molar-refractivity contribution >= 4 is 5.82 Å². The molecule has 1 aromatic rings.